The van der Waals surface area contributed by atoms with Gasteiger partial charge in [-0.1, -0.05) is 6.07 Å². The number of carbonyl (C=O) groups excluding carboxylic acids is 1. The summed E-state index contributed by atoms with van der Waals surface area (Å²) < 4.78 is 41.1. The van der Waals surface area contributed by atoms with E-state index >= 15 is 0 Å². The normalized spacial score (nSPS) is 20.1. The molecule has 2 fully saturated rings. The molecule has 7 heteroatoms. The van der Waals surface area contributed by atoms with Gasteiger partial charge >= 0.3 is 12.7 Å². The molecule has 5 nitrogen and oxygen atoms in total. The van der Waals surface area contributed by atoms with Crippen molar-refractivity contribution in [2.45, 2.75) is 58.2 Å². The summed E-state index contributed by atoms with van der Waals surface area (Å²) in [5.74, 6) is 1.01. The van der Waals surface area contributed by atoms with Gasteiger partial charge in [0.25, 0.3) is 0 Å². The van der Waals surface area contributed by atoms with Crippen LogP contribution in [-0.2, 0) is 4.74 Å². The number of alkyl halides is 2. The highest BCUT2D eigenvalue weighted by Gasteiger charge is 2.31. The van der Waals surface area contributed by atoms with Gasteiger partial charge < -0.3 is 19.1 Å². The van der Waals surface area contributed by atoms with E-state index in [2.05, 4.69) is 4.74 Å². The first-order valence-corrected chi connectivity index (χ1v) is 9.41. The number of benzene rings is 1. The molecule has 1 amide bonds. The van der Waals surface area contributed by atoms with Crippen LogP contribution in [0.15, 0.2) is 18.2 Å². The molecule has 150 valence electrons. The molecular weight excluding hydrogens is 356 g/mol. The van der Waals surface area contributed by atoms with Gasteiger partial charge in [0.1, 0.15) is 5.60 Å². The molecule has 1 aliphatic carbocycles. The number of nitrogens with zero attached hydrogens (tertiary/aromatic N) is 1. The quantitative estimate of drug-likeness (QED) is 0.708. The molecule has 0 N–H and O–H groups in total. The SMILES string of the molecule is CC(C)(C)OC(=O)N1CCC(c2ccc(OC(F)F)c(OCC3CC3)c2)C1. The summed E-state index contributed by atoms with van der Waals surface area (Å²) in [5.41, 5.74) is 0.418. The lowest BCUT2D eigenvalue weighted by Crippen LogP contribution is -2.35. The third kappa shape index (κ3) is 5.71. The fourth-order valence-electron chi connectivity index (χ4n) is 3.10. The van der Waals surface area contributed by atoms with E-state index in [4.69, 9.17) is 9.47 Å². The van der Waals surface area contributed by atoms with Crippen LogP contribution in [0, 0.1) is 5.92 Å². The zero-order valence-corrected chi connectivity index (χ0v) is 16.0. The van der Waals surface area contributed by atoms with Crippen molar-refractivity contribution in [2.24, 2.45) is 5.92 Å². The zero-order valence-electron chi connectivity index (χ0n) is 16.0. The Bertz CT molecular complexity index is 670. The Morgan fingerprint density at radius 1 is 1.22 bits per heavy atom. The fourth-order valence-corrected chi connectivity index (χ4v) is 3.10. The Hall–Kier alpha value is -2.05. The topological polar surface area (TPSA) is 48.0 Å². The van der Waals surface area contributed by atoms with E-state index in [-0.39, 0.29) is 17.8 Å². The lowest BCUT2D eigenvalue weighted by molar-refractivity contribution is -0.0515. The first-order chi connectivity index (χ1) is 12.7. The highest BCUT2D eigenvalue weighted by atomic mass is 19.3. The number of ether oxygens (including phenoxy) is 3. The van der Waals surface area contributed by atoms with E-state index in [0.29, 0.717) is 31.4 Å². The van der Waals surface area contributed by atoms with Crippen molar-refractivity contribution in [3.8, 4) is 11.5 Å². The average molecular weight is 383 g/mol. The number of carbonyl (C=O) groups is 1. The Balaban J connectivity index is 1.68. The smallest absolute Gasteiger partial charge is 0.410 e. The van der Waals surface area contributed by atoms with Gasteiger partial charge in [0.2, 0.25) is 0 Å². The molecule has 2 aliphatic rings. The standard InChI is InChI=1S/C20H27F2NO4/c1-20(2,3)27-19(24)23-9-8-15(11-23)14-6-7-16(26-18(21)22)17(10-14)25-12-13-4-5-13/h6-7,10,13,15,18H,4-5,8-9,11-12H2,1-3H3. The molecule has 0 aromatic heterocycles. The summed E-state index contributed by atoms with van der Waals surface area (Å²) in [5, 5.41) is 0. The monoisotopic (exact) mass is 383 g/mol. The molecule has 1 saturated heterocycles. The molecule has 1 saturated carbocycles. The van der Waals surface area contributed by atoms with Crippen molar-refractivity contribution in [3.63, 3.8) is 0 Å². The van der Waals surface area contributed by atoms with E-state index in [0.717, 1.165) is 24.8 Å². The predicted molar refractivity (Wildman–Crippen MR) is 96.5 cm³/mol. The van der Waals surface area contributed by atoms with E-state index in [9.17, 15) is 13.6 Å². The molecule has 0 bridgehead atoms. The maximum atomic E-state index is 12.7. The molecule has 27 heavy (non-hydrogen) atoms. The number of rotatable bonds is 6. The Kier molecular flexibility index (Phi) is 5.77. The number of amides is 1. The second-order valence-corrected chi connectivity index (χ2v) is 8.25. The van der Waals surface area contributed by atoms with Crippen molar-refractivity contribution in [3.05, 3.63) is 23.8 Å². The molecule has 3 rings (SSSR count). The van der Waals surface area contributed by atoms with Gasteiger partial charge in [-0.3, -0.25) is 0 Å². The highest BCUT2D eigenvalue weighted by molar-refractivity contribution is 5.68. The molecule has 1 aromatic carbocycles. The minimum atomic E-state index is -2.90. The van der Waals surface area contributed by atoms with Gasteiger partial charge in [0.05, 0.1) is 6.61 Å². The van der Waals surface area contributed by atoms with Gasteiger partial charge in [0, 0.05) is 19.0 Å². The summed E-state index contributed by atoms with van der Waals surface area (Å²) in [6.07, 6.45) is 2.68. The maximum Gasteiger partial charge on any atom is 0.410 e. The summed E-state index contributed by atoms with van der Waals surface area (Å²) in [6, 6.07) is 5.06. The average Bonchev–Trinajstić information content (AvgIpc) is 3.25. The molecular formula is C20H27F2NO4. The first kappa shape index (κ1) is 19.7. The Labute approximate surface area is 158 Å². The van der Waals surface area contributed by atoms with Crippen LogP contribution in [0.3, 0.4) is 0 Å². The summed E-state index contributed by atoms with van der Waals surface area (Å²) in [6.45, 7) is 4.27. The number of hydrogen-bond donors (Lipinski definition) is 0. The van der Waals surface area contributed by atoms with Gasteiger partial charge in [-0.05, 0) is 63.6 Å². The first-order valence-electron chi connectivity index (χ1n) is 9.41. The predicted octanol–water partition coefficient (Wildman–Crippen LogP) is 4.80. The molecule has 1 unspecified atom stereocenters. The van der Waals surface area contributed by atoms with Crippen LogP contribution in [0.1, 0.15) is 51.5 Å². The maximum absolute atomic E-state index is 12.7. The summed E-state index contributed by atoms with van der Waals surface area (Å²) in [4.78, 5) is 13.9. The lowest BCUT2D eigenvalue weighted by Gasteiger charge is -2.24. The minimum absolute atomic E-state index is 0.0522. The van der Waals surface area contributed by atoms with Gasteiger partial charge in [-0.15, -0.1) is 0 Å². The lowest BCUT2D eigenvalue weighted by atomic mass is 9.98. The molecule has 1 atom stereocenters. The van der Waals surface area contributed by atoms with Crippen molar-refractivity contribution in [1.82, 2.24) is 4.90 Å². The highest BCUT2D eigenvalue weighted by Crippen LogP contribution is 2.37. The van der Waals surface area contributed by atoms with Crippen molar-refractivity contribution >= 4 is 6.09 Å². The molecule has 1 aromatic rings. The van der Waals surface area contributed by atoms with Crippen molar-refractivity contribution in [2.75, 3.05) is 19.7 Å². The zero-order chi connectivity index (χ0) is 19.6. The summed E-state index contributed by atoms with van der Waals surface area (Å²) >= 11 is 0. The molecule has 0 spiro atoms. The third-order valence-electron chi connectivity index (χ3n) is 4.67. The van der Waals surface area contributed by atoms with Crippen LogP contribution in [-0.4, -0.2) is 42.9 Å². The van der Waals surface area contributed by atoms with Gasteiger partial charge in [-0.25, -0.2) is 4.79 Å². The molecule has 1 heterocycles. The van der Waals surface area contributed by atoms with Gasteiger partial charge in [0.15, 0.2) is 11.5 Å². The Morgan fingerprint density at radius 2 is 1.96 bits per heavy atom. The van der Waals surface area contributed by atoms with Crippen LogP contribution < -0.4 is 9.47 Å². The molecule has 0 radical (unpaired) electrons. The minimum Gasteiger partial charge on any atom is -0.489 e. The number of halogens is 2. The van der Waals surface area contributed by atoms with Crippen LogP contribution in [0.2, 0.25) is 0 Å². The van der Waals surface area contributed by atoms with Crippen LogP contribution in [0.5, 0.6) is 11.5 Å². The second-order valence-electron chi connectivity index (χ2n) is 8.25. The number of likely N-dealkylation sites (tertiary alicyclic amines) is 1. The number of hydrogen-bond acceptors (Lipinski definition) is 4. The third-order valence-corrected chi connectivity index (χ3v) is 4.67. The second kappa shape index (κ2) is 7.90. The van der Waals surface area contributed by atoms with Gasteiger partial charge in [-0.2, -0.15) is 8.78 Å². The van der Waals surface area contributed by atoms with Crippen LogP contribution >= 0.6 is 0 Å². The van der Waals surface area contributed by atoms with E-state index in [1.54, 1.807) is 17.0 Å². The Morgan fingerprint density at radius 3 is 2.59 bits per heavy atom. The van der Waals surface area contributed by atoms with Crippen LogP contribution in [0.25, 0.3) is 0 Å². The largest absolute Gasteiger partial charge is 0.489 e. The summed E-state index contributed by atoms with van der Waals surface area (Å²) in [7, 11) is 0. The van der Waals surface area contributed by atoms with Crippen LogP contribution in [0.4, 0.5) is 13.6 Å². The molecule has 1 aliphatic heterocycles. The van der Waals surface area contributed by atoms with E-state index in [1.165, 1.54) is 6.07 Å². The van der Waals surface area contributed by atoms with E-state index < -0.39 is 12.2 Å². The fraction of sp³-hybridized carbons (Fsp3) is 0.650. The van der Waals surface area contributed by atoms with Crippen molar-refractivity contribution < 1.29 is 27.8 Å². The van der Waals surface area contributed by atoms with E-state index in [1.807, 2.05) is 20.8 Å². The van der Waals surface area contributed by atoms with Crippen molar-refractivity contribution in [1.29, 1.82) is 0 Å².